The zero-order valence-corrected chi connectivity index (χ0v) is 10.6. The summed E-state index contributed by atoms with van der Waals surface area (Å²) < 4.78 is 27.7. The summed E-state index contributed by atoms with van der Waals surface area (Å²) in [6.45, 7) is 4.82. The monoisotopic (exact) mass is 252 g/mol. The summed E-state index contributed by atoms with van der Waals surface area (Å²) in [6, 6.07) is 0. The highest BCUT2D eigenvalue weighted by Crippen LogP contribution is 2.00. The summed E-state index contributed by atoms with van der Waals surface area (Å²) in [7, 11) is -3.28. The third-order valence-electron chi connectivity index (χ3n) is 2.01. The van der Waals surface area contributed by atoms with Gasteiger partial charge in [-0.3, -0.25) is 4.79 Å². The van der Waals surface area contributed by atoms with Gasteiger partial charge in [-0.1, -0.05) is 13.8 Å². The van der Waals surface area contributed by atoms with Crippen molar-refractivity contribution in [2.75, 3.05) is 24.7 Å². The molecule has 16 heavy (non-hydrogen) atoms. The minimum absolute atomic E-state index is 0.0988. The van der Waals surface area contributed by atoms with E-state index in [1.54, 1.807) is 0 Å². The van der Waals surface area contributed by atoms with Crippen LogP contribution in [0.5, 0.6) is 0 Å². The van der Waals surface area contributed by atoms with Gasteiger partial charge in [-0.15, -0.1) is 0 Å². The third-order valence-corrected chi connectivity index (χ3v) is 3.62. The van der Waals surface area contributed by atoms with E-state index in [4.69, 9.17) is 9.84 Å². The quantitative estimate of drug-likeness (QED) is 0.618. The largest absolute Gasteiger partial charge is 0.481 e. The molecule has 0 aliphatic carbocycles. The molecule has 0 aromatic heterocycles. The van der Waals surface area contributed by atoms with Gasteiger partial charge in [0.2, 0.25) is 0 Å². The number of carboxylic acids is 1. The van der Waals surface area contributed by atoms with Crippen molar-refractivity contribution < 1.29 is 23.1 Å². The molecule has 0 atom stereocenters. The minimum atomic E-state index is -3.28. The first-order valence-corrected chi connectivity index (χ1v) is 7.15. The van der Waals surface area contributed by atoms with E-state index in [2.05, 4.69) is 13.8 Å². The van der Waals surface area contributed by atoms with Crippen molar-refractivity contribution in [3.8, 4) is 0 Å². The zero-order chi connectivity index (χ0) is 12.6. The molecular weight excluding hydrogens is 232 g/mol. The summed E-state index contributed by atoms with van der Waals surface area (Å²) in [4.78, 5) is 10.2. The Kier molecular flexibility index (Phi) is 7.33. The number of carbonyl (C=O) groups is 1. The summed E-state index contributed by atoms with van der Waals surface area (Å²) in [5.74, 6) is -0.971. The van der Waals surface area contributed by atoms with Crippen LogP contribution in [0.2, 0.25) is 0 Å². The fraction of sp³-hybridized carbons (Fsp3) is 0.900. The lowest BCUT2D eigenvalue weighted by Crippen LogP contribution is -2.18. The Morgan fingerprint density at radius 1 is 1.25 bits per heavy atom. The van der Waals surface area contributed by atoms with Gasteiger partial charge in [-0.2, -0.15) is 0 Å². The van der Waals surface area contributed by atoms with Crippen molar-refractivity contribution in [2.24, 2.45) is 5.92 Å². The Bertz CT molecular complexity index is 294. The molecule has 0 heterocycles. The fourth-order valence-electron chi connectivity index (χ4n) is 0.952. The van der Waals surface area contributed by atoms with Gasteiger partial charge in [0.1, 0.15) is 0 Å². The molecule has 0 aromatic carbocycles. The van der Waals surface area contributed by atoms with E-state index < -0.39 is 15.8 Å². The Hall–Kier alpha value is -0.620. The number of carboxylic acid groups (broad SMARTS) is 1. The molecule has 5 nitrogen and oxygen atoms in total. The van der Waals surface area contributed by atoms with Gasteiger partial charge < -0.3 is 9.84 Å². The minimum Gasteiger partial charge on any atom is -0.481 e. The van der Waals surface area contributed by atoms with Crippen LogP contribution in [0.3, 0.4) is 0 Å². The van der Waals surface area contributed by atoms with Gasteiger partial charge in [0.25, 0.3) is 0 Å². The normalized spacial score (nSPS) is 11.9. The van der Waals surface area contributed by atoms with Crippen LogP contribution in [-0.2, 0) is 19.4 Å². The Morgan fingerprint density at radius 3 is 2.38 bits per heavy atom. The Labute approximate surface area is 96.7 Å². The molecule has 0 aliphatic heterocycles. The van der Waals surface area contributed by atoms with Crippen LogP contribution in [0.4, 0.5) is 0 Å². The highest BCUT2D eigenvalue weighted by molar-refractivity contribution is 7.91. The predicted molar refractivity (Wildman–Crippen MR) is 61.2 cm³/mol. The van der Waals surface area contributed by atoms with Gasteiger partial charge in [0.05, 0.1) is 24.5 Å². The highest BCUT2D eigenvalue weighted by Gasteiger charge is 2.12. The van der Waals surface area contributed by atoms with E-state index in [1.807, 2.05) is 0 Å². The number of aliphatic carboxylic acids is 1. The van der Waals surface area contributed by atoms with Crippen molar-refractivity contribution in [2.45, 2.75) is 26.7 Å². The van der Waals surface area contributed by atoms with Crippen LogP contribution >= 0.6 is 0 Å². The third kappa shape index (κ3) is 9.92. The van der Waals surface area contributed by atoms with E-state index in [1.165, 1.54) is 0 Å². The van der Waals surface area contributed by atoms with E-state index in [9.17, 15) is 13.2 Å². The summed E-state index contributed by atoms with van der Waals surface area (Å²) in [5, 5.41) is 8.35. The van der Waals surface area contributed by atoms with Crippen LogP contribution < -0.4 is 0 Å². The lowest BCUT2D eigenvalue weighted by molar-refractivity contribution is -0.136. The maximum Gasteiger partial charge on any atom is 0.304 e. The predicted octanol–water partition coefficient (Wildman–Crippen LogP) is 0.939. The van der Waals surface area contributed by atoms with E-state index in [0.29, 0.717) is 12.5 Å². The molecule has 1 N–H and O–H groups in total. The standard InChI is InChI=1S/C10H20O5S/c1-9(2)3-5-15-6-8-16(13,14)7-4-10(11)12/h9H,3-8H2,1-2H3,(H,11,12). The fourth-order valence-corrected chi connectivity index (χ4v) is 2.01. The van der Waals surface area contributed by atoms with Gasteiger partial charge in [-0.25, -0.2) is 8.42 Å². The van der Waals surface area contributed by atoms with Crippen LogP contribution in [0.15, 0.2) is 0 Å². The first-order valence-electron chi connectivity index (χ1n) is 5.33. The molecule has 0 unspecified atom stereocenters. The first-order chi connectivity index (χ1) is 7.33. The maximum absolute atomic E-state index is 11.3. The van der Waals surface area contributed by atoms with Crippen molar-refractivity contribution >= 4 is 15.8 Å². The SMILES string of the molecule is CC(C)CCOCCS(=O)(=O)CCC(=O)O. The molecule has 0 bridgehead atoms. The molecule has 6 heteroatoms. The molecule has 0 aromatic rings. The summed E-state index contributed by atoms with van der Waals surface area (Å²) in [5.41, 5.74) is 0. The molecule has 96 valence electrons. The van der Waals surface area contributed by atoms with Gasteiger partial charge >= 0.3 is 5.97 Å². The second kappa shape index (κ2) is 7.62. The number of ether oxygens (including phenoxy) is 1. The molecule has 0 rings (SSSR count). The zero-order valence-electron chi connectivity index (χ0n) is 9.81. The van der Waals surface area contributed by atoms with Crippen molar-refractivity contribution in [3.05, 3.63) is 0 Å². The average Bonchev–Trinajstić information content (AvgIpc) is 2.14. The van der Waals surface area contributed by atoms with E-state index in [0.717, 1.165) is 6.42 Å². The smallest absolute Gasteiger partial charge is 0.304 e. The summed E-state index contributed by atoms with van der Waals surface area (Å²) >= 11 is 0. The first kappa shape index (κ1) is 15.4. The number of hydrogen-bond donors (Lipinski definition) is 1. The molecule has 0 amide bonds. The number of rotatable bonds is 9. The molecule has 0 saturated heterocycles. The molecule has 0 spiro atoms. The van der Waals surface area contributed by atoms with Crippen molar-refractivity contribution in [3.63, 3.8) is 0 Å². The molecule has 0 fully saturated rings. The number of hydrogen-bond acceptors (Lipinski definition) is 4. The van der Waals surface area contributed by atoms with E-state index in [-0.39, 0.29) is 24.5 Å². The van der Waals surface area contributed by atoms with Crippen LogP contribution in [0.25, 0.3) is 0 Å². The molecule has 0 aliphatic rings. The lowest BCUT2D eigenvalue weighted by Gasteiger charge is -2.06. The van der Waals surface area contributed by atoms with Crippen molar-refractivity contribution in [1.82, 2.24) is 0 Å². The Balaban J connectivity index is 3.62. The second-order valence-corrected chi connectivity index (χ2v) is 6.39. The lowest BCUT2D eigenvalue weighted by atomic mass is 10.1. The molecule has 0 radical (unpaired) electrons. The van der Waals surface area contributed by atoms with Gasteiger partial charge in [0.15, 0.2) is 9.84 Å². The second-order valence-electron chi connectivity index (χ2n) is 4.09. The highest BCUT2D eigenvalue weighted by atomic mass is 32.2. The van der Waals surface area contributed by atoms with Gasteiger partial charge in [-0.05, 0) is 12.3 Å². The van der Waals surface area contributed by atoms with E-state index >= 15 is 0 Å². The van der Waals surface area contributed by atoms with Crippen LogP contribution in [0.1, 0.15) is 26.7 Å². The van der Waals surface area contributed by atoms with Gasteiger partial charge in [0, 0.05) is 6.61 Å². The topological polar surface area (TPSA) is 80.7 Å². The average molecular weight is 252 g/mol. The van der Waals surface area contributed by atoms with Crippen LogP contribution in [-0.4, -0.2) is 44.2 Å². The van der Waals surface area contributed by atoms with Crippen LogP contribution in [0, 0.1) is 5.92 Å². The Morgan fingerprint density at radius 2 is 1.88 bits per heavy atom. The molecular formula is C10H20O5S. The van der Waals surface area contributed by atoms with Crippen molar-refractivity contribution in [1.29, 1.82) is 0 Å². The maximum atomic E-state index is 11.3. The number of sulfone groups is 1. The summed E-state index contributed by atoms with van der Waals surface area (Å²) in [6.07, 6.45) is 0.559. The molecule has 0 saturated carbocycles.